The van der Waals surface area contributed by atoms with Crippen molar-refractivity contribution in [3.05, 3.63) is 35.6 Å². The van der Waals surface area contributed by atoms with Gasteiger partial charge in [0.15, 0.2) is 0 Å². The van der Waals surface area contributed by atoms with Crippen molar-refractivity contribution in [3.8, 4) is 0 Å². The first kappa shape index (κ1) is 13.4. The molecule has 0 saturated carbocycles. The Balaban J connectivity index is 1.82. The third-order valence-corrected chi connectivity index (χ3v) is 3.21. The SMILES string of the molecule is Fc1ccccc1CN1CCN(CC(F)F)CC1. The fourth-order valence-corrected chi connectivity index (χ4v) is 2.19. The summed E-state index contributed by atoms with van der Waals surface area (Å²) in [6.07, 6.45) is -2.27. The van der Waals surface area contributed by atoms with Crippen LogP contribution in [0.2, 0.25) is 0 Å². The van der Waals surface area contributed by atoms with Crippen molar-refractivity contribution in [2.45, 2.75) is 13.0 Å². The van der Waals surface area contributed by atoms with Gasteiger partial charge in [0.25, 0.3) is 6.43 Å². The fraction of sp³-hybridized carbons (Fsp3) is 0.538. The number of hydrogen-bond donors (Lipinski definition) is 0. The van der Waals surface area contributed by atoms with Crippen molar-refractivity contribution < 1.29 is 13.2 Å². The minimum atomic E-state index is -2.27. The van der Waals surface area contributed by atoms with Gasteiger partial charge in [-0.3, -0.25) is 9.80 Å². The largest absolute Gasteiger partial charge is 0.296 e. The van der Waals surface area contributed by atoms with Gasteiger partial charge in [0, 0.05) is 38.3 Å². The van der Waals surface area contributed by atoms with E-state index >= 15 is 0 Å². The van der Waals surface area contributed by atoms with Gasteiger partial charge < -0.3 is 0 Å². The summed E-state index contributed by atoms with van der Waals surface area (Å²) in [7, 11) is 0. The van der Waals surface area contributed by atoms with Crippen LogP contribution in [-0.2, 0) is 6.54 Å². The van der Waals surface area contributed by atoms with Gasteiger partial charge in [-0.05, 0) is 6.07 Å². The lowest BCUT2D eigenvalue weighted by Gasteiger charge is -2.34. The molecule has 0 spiro atoms. The summed E-state index contributed by atoms with van der Waals surface area (Å²) in [5.74, 6) is -0.201. The smallest absolute Gasteiger partial charge is 0.251 e. The van der Waals surface area contributed by atoms with Gasteiger partial charge in [-0.25, -0.2) is 13.2 Å². The third-order valence-electron chi connectivity index (χ3n) is 3.21. The third kappa shape index (κ3) is 3.71. The monoisotopic (exact) mass is 258 g/mol. The van der Waals surface area contributed by atoms with Crippen LogP contribution in [0.1, 0.15) is 5.56 Å². The zero-order valence-electron chi connectivity index (χ0n) is 10.2. The van der Waals surface area contributed by atoms with E-state index in [0.29, 0.717) is 38.3 Å². The van der Waals surface area contributed by atoms with Crippen LogP contribution in [0.5, 0.6) is 0 Å². The average Bonchev–Trinajstić information content (AvgIpc) is 2.34. The molecule has 2 nitrogen and oxygen atoms in total. The minimum absolute atomic E-state index is 0.159. The summed E-state index contributed by atoms with van der Waals surface area (Å²) in [5.41, 5.74) is 0.666. The van der Waals surface area contributed by atoms with Crippen molar-refractivity contribution >= 4 is 0 Å². The number of alkyl halides is 2. The number of benzene rings is 1. The van der Waals surface area contributed by atoms with E-state index in [0.717, 1.165) is 0 Å². The molecule has 0 aromatic heterocycles. The number of piperazine rings is 1. The maximum absolute atomic E-state index is 13.5. The Kier molecular flexibility index (Phi) is 4.60. The van der Waals surface area contributed by atoms with Crippen molar-refractivity contribution in [3.63, 3.8) is 0 Å². The van der Waals surface area contributed by atoms with E-state index in [9.17, 15) is 13.2 Å². The van der Waals surface area contributed by atoms with E-state index in [1.165, 1.54) is 6.07 Å². The van der Waals surface area contributed by atoms with Crippen LogP contribution in [0.25, 0.3) is 0 Å². The summed E-state index contributed by atoms with van der Waals surface area (Å²) in [6, 6.07) is 6.69. The molecule has 1 saturated heterocycles. The molecule has 1 fully saturated rings. The Morgan fingerprint density at radius 3 is 2.22 bits per heavy atom. The second-order valence-electron chi connectivity index (χ2n) is 4.56. The van der Waals surface area contributed by atoms with Crippen LogP contribution in [-0.4, -0.2) is 48.9 Å². The molecule has 5 heteroatoms. The fourth-order valence-electron chi connectivity index (χ4n) is 2.19. The Bertz CT molecular complexity index is 376. The Morgan fingerprint density at radius 1 is 1.00 bits per heavy atom. The standard InChI is InChI=1S/C13H17F3N2/c14-12-4-2-1-3-11(12)9-17-5-7-18(8-6-17)10-13(15)16/h1-4,13H,5-10H2. The van der Waals surface area contributed by atoms with Crippen molar-refractivity contribution in [1.82, 2.24) is 9.80 Å². The predicted molar refractivity (Wildman–Crippen MR) is 64.1 cm³/mol. The normalized spacial score (nSPS) is 18.4. The molecule has 1 aliphatic heterocycles. The zero-order chi connectivity index (χ0) is 13.0. The zero-order valence-corrected chi connectivity index (χ0v) is 10.2. The minimum Gasteiger partial charge on any atom is -0.296 e. The first-order valence-corrected chi connectivity index (χ1v) is 6.11. The maximum atomic E-state index is 13.5. The van der Waals surface area contributed by atoms with Crippen molar-refractivity contribution in [2.75, 3.05) is 32.7 Å². The van der Waals surface area contributed by atoms with Crippen LogP contribution in [0.15, 0.2) is 24.3 Å². The van der Waals surface area contributed by atoms with Crippen molar-refractivity contribution in [1.29, 1.82) is 0 Å². The molecule has 0 radical (unpaired) electrons. The van der Waals surface area contributed by atoms with E-state index in [-0.39, 0.29) is 12.4 Å². The van der Waals surface area contributed by atoms with Crippen LogP contribution >= 0.6 is 0 Å². The second kappa shape index (κ2) is 6.20. The lowest BCUT2D eigenvalue weighted by atomic mass is 10.2. The molecule has 0 amide bonds. The molecule has 2 rings (SSSR count). The number of rotatable bonds is 4. The first-order chi connectivity index (χ1) is 8.65. The van der Waals surface area contributed by atoms with Crippen LogP contribution < -0.4 is 0 Å². The molecule has 1 aromatic rings. The first-order valence-electron chi connectivity index (χ1n) is 6.11. The number of halogens is 3. The molecular weight excluding hydrogens is 241 g/mol. The summed E-state index contributed by atoms with van der Waals surface area (Å²) in [6.45, 7) is 3.06. The average molecular weight is 258 g/mol. The maximum Gasteiger partial charge on any atom is 0.251 e. The van der Waals surface area contributed by atoms with Crippen LogP contribution in [0.3, 0.4) is 0 Å². The molecule has 0 bridgehead atoms. The predicted octanol–water partition coefficient (Wildman–Crippen LogP) is 2.21. The molecule has 1 heterocycles. The summed E-state index contributed by atoms with van der Waals surface area (Å²) in [5, 5.41) is 0. The quantitative estimate of drug-likeness (QED) is 0.817. The highest BCUT2D eigenvalue weighted by molar-refractivity contribution is 5.17. The van der Waals surface area contributed by atoms with Gasteiger partial charge in [-0.15, -0.1) is 0 Å². The lowest BCUT2D eigenvalue weighted by molar-refractivity contribution is 0.0541. The number of hydrogen-bond acceptors (Lipinski definition) is 2. The topological polar surface area (TPSA) is 6.48 Å². The van der Waals surface area contributed by atoms with Gasteiger partial charge in [-0.1, -0.05) is 18.2 Å². The molecule has 1 aromatic carbocycles. The summed E-state index contributed by atoms with van der Waals surface area (Å²) in [4.78, 5) is 3.85. The highest BCUT2D eigenvalue weighted by Crippen LogP contribution is 2.12. The molecule has 1 aliphatic rings. The number of nitrogens with zero attached hydrogens (tertiary/aromatic N) is 2. The molecule has 0 unspecified atom stereocenters. The molecule has 0 aliphatic carbocycles. The summed E-state index contributed by atoms with van der Waals surface area (Å²) >= 11 is 0. The van der Waals surface area contributed by atoms with Gasteiger partial charge in [0.2, 0.25) is 0 Å². The van der Waals surface area contributed by atoms with Crippen LogP contribution in [0, 0.1) is 5.82 Å². The Morgan fingerprint density at radius 2 is 1.61 bits per heavy atom. The van der Waals surface area contributed by atoms with E-state index < -0.39 is 6.43 Å². The highest BCUT2D eigenvalue weighted by atomic mass is 19.3. The highest BCUT2D eigenvalue weighted by Gasteiger charge is 2.20. The van der Waals surface area contributed by atoms with E-state index in [4.69, 9.17) is 0 Å². The van der Waals surface area contributed by atoms with Crippen molar-refractivity contribution in [2.24, 2.45) is 0 Å². The molecule has 100 valence electrons. The molecule has 0 atom stereocenters. The molecule has 18 heavy (non-hydrogen) atoms. The molecular formula is C13H17F3N2. The van der Waals surface area contributed by atoms with Gasteiger partial charge in [-0.2, -0.15) is 0 Å². The second-order valence-corrected chi connectivity index (χ2v) is 4.56. The van der Waals surface area contributed by atoms with Gasteiger partial charge in [0.1, 0.15) is 5.82 Å². The lowest BCUT2D eigenvalue weighted by Crippen LogP contribution is -2.47. The van der Waals surface area contributed by atoms with Gasteiger partial charge in [0.05, 0.1) is 6.54 Å². The Hall–Kier alpha value is -1.07. The van der Waals surface area contributed by atoms with E-state index in [2.05, 4.69) is 4.90 Å². The Labute approximate surface area is 105 Å². The van der Waals surface area contributed by atoms with Crippen LogP contribution in [0.4, 0.5) is 13.2 Å². The molecule has 0 N–H and O–H groups in total. The van der Waals surface area contributed by atoms with Gasteiger partial charge >= 0.3 is 0 Å². The van der Waals surface area contributed by atoms with E-state index in [1.54, 1.807) is 17.0 Å². The van der Waals surface area contributed by atoms with E-state index in [1.807, 2.05) is 6.07 Å². The summed E-state index contributed by atoms with van der Waals surface area (Å²) < 4.78 is 37.9.